The van der Waals surface area contributed by atoms with Gasteiger partial charge in [0.2, 0.25) is 11.6 Å². The van der Waals surface area contributed by atoms with Crippen LogP contribution in [0.4, 0.5) is 0 Å². The van der Waals surface area contributed by atoms with Crippen LogP contribution in [0.2, 0.25) is 0 Å². The maximum Gasteiger partial charge on any atom is 0.253 e. The summed E-state index contributed by atoms with van der Waals surface area (Å²) in [5.74, 6) is -1.54. The Morgan fingerprint density at radius 3 is 1.39 bits per heavy atom. The minimum Gasteiger partial charge on any atom is -0.289 e. The van der Waals surface area contributed by atoms with Gasteiger partial charge in [-0.3, -0.25) is 9.59 Å². The van der Waals surface area contributed by atoms with Crippen LogP contribution in [-0.2, 0) is 0 Å². The molecule has 1 aromatic rings. The summed E-state index contributed by atoms with van der Waals surface area (Å²) in [6.45, 7) is 0. The Balaban J connectivity index is 3.16. The second kappa shape index (κ2) is 5.74. The predicted molar refractivity (Wildman–Crippen MR) is 75.7 cm³/mol. The first-order valence-electron chi connectivity index (χ1n) is 4.36. The molecule has 2 nitrogen and oxygen atoms in total. The maximum absolute atomic E-state index is 11.7. The Morgan fingerprint density at radius 2 is 1.11 bits per heavy atom. The smallest absolute Gasteiger partial charge is 0.253 e. The lowest BCUT2D eigenvalue weighted by Crippen LogP contribution is -2.22. The van der Waals surface area contributed by atoms with Crippen molar-refractivity contribution >= 4 is 81.2 Å². The molecule has 0 unspecified atom stereocenters. The van der Waals surface area contributed by atoms with Crippen LogP contribution < -0.4 is 0 Å². The lowest BCUT2D eigenvalue weighted by molar-refractivity contribution is 0.0995. The van der Waals surface area contributed by atoms with Crippen molar-refractivity contribution in [3.63, 3.8) is 0 Å². The normalized spacial score (nSPS) is 12.3. The van der Waals surface area contributed by atoms with Gasteiger partial charge in [0.25, 0.3) is 7.59 Å². The van der Waals surface area contributed by atoms with Gasteiger partial charge in [-0.1, -0.05) is 87.8 Å². The van der Waals surface area contributed by atoms with Crippen LogP contribution in [0.1, 0.15) is 20.7 Å². The molecule has 0 amide bonds. The van der Waals surface area contributed by atoms with E-state index in [9.17, 15) is 9.59 Å². The summed E-state index contributed by atoms with van der Waals surface area (Å²) in [6, 6.07) is 5.40. The summed E-state index contributed by atoms with van der Waals surface area (Å²) in [6.07, 6.45) is 0. The summed E-state index contributed by atoms with van der Waals surface area (Å²) in [7, 11) is 0. The number of hydrogen-bond acceptors (Lipinski definition) is 2. The highest BCUT2D eigenvalue weighted by molar-refractivity contribution is 6.78. The molecule has 0 saturated carbocycles. The number of hydrogen-bond donors (Lipinski definition) is 0. The molecule has 0 atom stereocenters. The topological polar surface area (TPSA) is 34.1 Å². The van der Waals surface area contributed by atoms with E-state index in [0.717, 1.165) is 0 Å². The molecule has 0 aliphatic heterocycles. The van der Waals surface area contributed by atoms with E-state index in [1.54, 1.807) is 0 Å². The highest BCUT2D eigenvalue weighted by Crippen LogP contribution is 2.33. The quantitative estimate of drug-likeness (QED) is 0.555. The molecule has 8 heteroatoms. The molecule has 1 aromatic carbocycles. The Bertz CT molecular complexity index is 445. The van der Waals surface area contributed by atoms with Crippen molar-refractivity contribution in [3.05, 3.63) is 35.4 Å². The number of halogens is 6. The third-order valence-corrected chi connectivity index (χ3v) is 2.93. The average Bonchev–Trinajstić information content (AvgIpc) is 2.24. The van der Waals surface area contributed by atoms with Gasteiger partial charge in [0, 0.05) is 11.1 Å². The molecule has 0 saturated heterocycles. The van der Waals surface area contributed by atoms with Crippen LogP contribution in [-0.4, -0.2) is 19.2 Å². The van der Waals surface area contributed by atoms with Gasteiger partial charge in [0.1, 0.15) is 0 Å². The molecule has 0 heterocycles. The van der Waals surface area contributed by atoms with Gasteiger partial charge in [-0.05, 0) is 6.07 Å². The number of ketones is 2. The Labute approximate surface area is 133 Å². The fraction of sp³-hybridized carbons (Fsp3) is 0.200. The van der Waals surface area contributed by atoms with Crippen LogP contribution in [0.3, 0.4) is 0 Å². The second-order valence-corrected chi connectivity index (χ2v) is 7.80. The SMILES string of the molecule is O=C(c1cccc(C(=O)C(Cl)(Cl)Cl)c1)C(Cl)(Cl)Cl. The summed E-state index contributed by atoms with van der Waals surface area (Å²) < 4.78 is -4.22. The molecule has 0 fully saturated rings. The van der Waals surface area contributed by atoms with Crippen molar-refractivity contribution < 1.29 is 9.59 Å². The largest absolute Gasteiger partial charge is 0.289 e. The third-order valence-electron chi connectivity index (χ3n) is 1.90. The predicted octanol–water partition coefficient (Wildman–Crippen LogP) is 4.79. The van der Waals surface area contributed by atoms with Crippen molar-refractivity contribution in [2.45, 2.75) is 7.59 Å². The summed E-state index contributed by atoms with van der Waals surface area (Å²) in [5, 5.41) is 0. The molecule has 0 aromatic heterocycles. The number of carbonyl (C=O) groups excluding carboxylic acids is 2. The number of Topliss-reactive ketones (excluding diaryl/α,β-unsaturated/α-hetero) is 2. The van der Waals surface area contributed by atoms with Crippen LogP contribution in [0.25, 0.3) is 0 Å². The van der Waals surface area contributed by atoms with Gasteiger partial charge in [-0.15, -0.1) is 0 Å². The van der Waals surface area contributed by atoms with E-state index < -0.39 is 19.2 Å². The van der Waals surface area contributed by atoms with E-state index >= 15 is 0 Å². The zero-order valence-electron chi connectivity index (χ0n) is 8.39. The Morgan fingerprint density at radius 1 is 0.778 bits per heavy atom. The third kappa shape index (κ3) is 4.16. The molecule has 0 aliphatic carbocycles. The molecule has 98 valence electrons. The van der Waals surface area contributed by atoms with Crippen LogP contribution in [0.15, 0.2) is 24.3 Å². The molecule has 0 radical (unpaired) electrons. The van der Waals surface area contributed by atoms with Crippen molar-refractivity contribution in [1.29, 1.82) is 0 Å². The highest BCUT2D eigenvalue weighted by Gasteiger charge is 2.34. The van der Waals surface area contributed by atoms with Crippen molar-refractivity contribution in [2.75, 3.05) is 0 Å². The number of carbonyl (C=O) groups is 2. The highest BCUT2D eigenvalue weighted by atomic mass is 35.6. The van der Waals surface area contributed by atoms with Crippen molar-refractivity contribution in [3.8, 4) is 0 Å². The van der Waals surface area contributed by atoms with E-state index in [1.807, 2.05) is 0 Å². The standard InChI is InChI=1S/C10H4Cl6O2/c11-9(12,13)7(17)5-2-1-3-6(4-5)8(18)10(14,15)16/h1-4H. The minimum atomic E-state index is -2.11. The van der Waals surface area contributed by atoms with E-state index in [4.69, 9.17) is 69.6 Å². The van der Waals surface area contributed by atoms with E-state index in [2.05, 4.69) is 0 Å². The molecular weight excluding hydrogens is 365 g/mol. The average molecular weight is 369 g/mol. The molecule has 0 spiro atoms. The van der Waals surface area contributed by atoms with Crippen molar-refractivity contribution in [1.82, 2.24) is 0 Å². The first-order chi connectivity index (χ1) is 8.03. The van der Waals surface area contributed by atoms with Gasteiger partial charge in [-0.25, -0.2) is 0 Å². The molecule has 0 aliphatic rings. The summed E-state index contributed by atoms with van der Waals surface area (Å²) in [4.78, 5) is 23.4. The number of benzene rings is 1. The minimum absolute atomic E-state index is 0.0371. The zero-order chi connectivity index (χ0) is 14.1. The van der Waals surface area contributed by atoms with Crippen LogP contribution in [0, 0.1) is 0 Å². The molecule has 0 bridgehead atoms. The molecule has 1 rings (SSSR count). The monoisotopic (exact) mass is 366 g/mol. The fourth-order valence-corrected chi connectivity index (χ4v) is 1.78. The first kappa shape index (κ1) is 16.4. The van der Waals surface area contributed by atoms with Gasteiger partial charge in [-0.2, -0.15) is 0 Å². The Hall–Kier alpha value is 0.300. The van der Waals surface area contributed by atoms with Gasteiger partial charge in [0.15, 0.2) is 0 Å². The van der Waals surface area contributed by atoms with Crippen LogP contribution >= 0.6 is 69.6 Å². The fourth-order valence-electron chi connectivity index (χ4n) is 1.13. The molecule has 18 heavy (non-hydrogen) atoms. The molecular formula is C10H4Cl6O2. The van der Waals surface area contributed by atoms with Crippen LogP contribution in [0.5, 0.6) is 0 Å². The number of alkyl halides is 6. The maximum atomic E-state index is 11.7. The lowest BCUT2D eigenvalue weighted by Gasteiger charge is -2.12. The van der Waals surface area contributed by atoms with E-state index in [1.165, 1.54) is 24.3 Å². The van der Waals surface area contributed by atoms with Gasteiger partial charge < -0.3 is 0 Å². The first-order valence-corrected chi connectivity index (χ1v) is 6.63. The Kier molecular flexibility index (Phi) is 5.21. The lowest BCUT2D eigenvalue weighted by atomic mass is 10.1. The van der Waals surface area contributed by atoms with Crippen molar-refractivity contribution in [2.24, 2.45) is 0 Å². The van der Waals surface area contributed by atoms with Gasteiger partial charge >= 0.3 is 0 Å². The molecule has 0 N–H and O–H groups in total. The second-order valence-electron chi connectivity index (χ2n) is 3.23. The summed E-state index contributed by atoms with van der Waals surface area (Å²) >= 11 is 32.7. The number of rotatable bonds is 2. The zero-order valence-corrected chi connectivity index (χ0v) is 12.9. The van der Waals surface area contributed by atoms with E-state index in [0.29, 0.717) is 0 Å². The summed E-state index contributed by atoms with van der Waals surface area (Å²) in [5.41, 5.74) is 0.0743. The van der Waals surface area contributed by atoms with E-state index in [-0.39, 0.29) is 11.1 Å². The van der Waals surface area contributed by atoms with Gasteiger partial charge in [0.05, 0.1) is 0 Å².